The van der Waals surface area contributed by atoms with Crippen molar-refractivity contribution >= 4 is 33.3 Å². The number of rotatable bonds is 5. The van der Waals surface area contributed by atoms with E-state index in [0.29, 0.717) is 11.6 Å². The number of aryl methyl sites for hydroxylation is 1. The highest BCUT2D eigenvalue weighted by molar-refractivity contribution is 9.10. The van der Waals surface area contributed by atoms with E-state index >= 15 is 0 Å². The summed E-state index contributed by atoms with van der Waals surface area (Å²) in [5.41, 5.74) is 3.39. The Morgan fingerprint density at radius 1 is 1.21 bits per heavy atom. The van der Waals surface area contributed by atoms with Gasteiger partial charge in [-0.1, -0.05) is 6.92 Å². The van der Waals surface area contributed by atoms with Crippen LogP contribution in [0.15, 0.2) is 29.0 Å². The minimum absolute atomic E-state index is 0.587. The van der Waals surface area contributed by atoms with Gasteiger partial charge < -0.3 is 10.7 Å². The summed E-state index contributed by atoms with van der Waals surface area (Å²) in [5.74, 6) is 7.44. The molecule has 2 rings (SSSR count). The van der Waals surface area contributed by atoms with Gasteiger partial charge in [0.15, 0.2) is 0 Å². The summed E-state index contributed by atoms with van der Waals surface area (Å²) in [6.07, 6.45) is 5.23. The van der Waals surface area contributed by atoms with Gasteiger partial charge in [-0.3, -0.25) is 4.98 Å². The van der Waals surface area contributed by atoms with Crippen molar-refractivity contribution in [1.29, 1.82) is 0 Å². The lowest BCUT2D eigenvalue weighted by molar-refractivity contribution is 0.837. The van der Waals surface area contributed by atoms with Gasteiger partial charge in [-0.15, -0.1) is 0 Å². The van der Waals surface area contributed by atoms with Crippen LogP contribution >= 0.6 is 15.9 Å². The quantitative estimate of drug-likeness (QED) is 0.579. The molecule has 7 heteroatoms. The van der Waals surface area contributed by atoms with Crippen LogP contribution in [0.1, 0.15) is 19.2 Å². The Labute approximate surface area is 120 Å². The number of hydrazine groups is 1. The van der Waals surface area contributed by atoms with Gasteiger partial charge in [0.2, 0.25) is 0 Å². The second-order valence-electron chi connectivity index (χ2n) is 3.97. The molecule has 0 aliphatic rings. The molecule has 0 aromatic carbocycles. The number of hydrogen-bond acceptors (Lipinski definition) is 6. The molecule has 2 aromatic heterocycles. The van der Waals surface area contributed by atoms with Crippen molar-refractivity contribution in [3.05, 3.63) is 34.8 Å². The first-order valence-electron chi connectivity index (χ1n) is 5.93. The van der Waals surface area contributed by atoms with Crippen LogP contribution in [-0.4, -0.2) is 15.0 Å². The number of pyridine rings is 1. The van der Waals surface area contributed by atoms with Crippen LogP contribution in [0.4, 0.5) is 17.3 Å². The Morgan fingerprint density at radius 2 is 2.00 bits per heavy atom. The third-order valence-corrected chi connectivity index (χ3v) is 2.80. The molecule has 19 heavy (non-hydrogen) atoms. The van der Waals surface area contributed by atoms with Crippen LogP contribution in [0, 0.1) is 0 Å². The number of hydrogen-bond donors (Lipinski definition) is 3. The average molecular weight is 323 g/mol. The van der Waals surface area contributed by atoms with Crippen LogP contribution in [-0.2, 0) is 6.42 Å². The minimum atomic E-state index is 0.587. The molecule has 0 atom stereocenters. The SMILES string of the molecule is CCCc1nc(NN)cc(Nc2cncc(Br)c2)n1. The number of aromatic nitrogens is 3. The summed E-state index contributed by atoms with van der Waals surface area (Å²) in [7, 11) is 0. The molecule has 0 amide bonds. The molecule has 0 aliphatic heterocycles. The lowest BCUT2D eigenvalue weighted by Gasteiger charge is -2.09. The van der Waals surface area contributed by atoms with Crippen molar-refractivity contribution in [2.24, 2.45) is 5.84 Å². The first-order chi connectivity index (χ1) is 9.21. The van der Waals surface area contributed by atoms with E-state index in [2.05, 4.69) is 48.5 Å². The molecule has 0 spiro atoms. The van der Waals surface area contributed by atoms with Crippen LogP contribution < -0.4 is 16.6 Å². The fourth-order valence-corrected chi connectivity index (χ4v) is 1.96. The standard InChI is InChI=1S/C12H15BrN6/c1-2-3-10-17-11(5-12(18-10)19-14)16-9-4-8(13)6-15-7-9/h4-7H,2-3,14H2,1H3,(H2,16,17,18,19). The molecular weight excluding hydrogens is 308 g/mol. The molecule has 0 bridgehead atoms. The Bertz CT molecular complexity index is 560. The lowest BCUT2D eigenvalue weighted by Crippen LogP contribution is -2.11. The second-order valence-corrected chi connectivity index (χ2v) is 4.88. The Balaban J connectivity index is 2.26. The fraction of sp³-hybridized carbons (Fsp3) is 0.250. The first kappa shape index (κ1) is 13.7. The summed E-state index contributed by atoms with van der Waals surface area (Å²) >= 11 is 3.38. The number of nitrogen functional groups attached to an aromatic ring is 1. The monoisotopic (exact) mass is 322 g/mol. The van der Waals surface area contributed by atoms with E-state index in [-0.39, 0.29) is 0 Å². The maximum absolute atomic E-state index is 5.41. The van der Waals surface area contributed by atoms with Crippen molar-refractivity contribution in [2.75, 3.05) is 10.7 Å². The van der Waals surface area contributed by atoms with Crippen molar-refractivity contribution in [3.8, 4) is 0 Å². The zero-order valence-electron chi connectivity index (χ0n) is 10.5. The second kappa shape index (κ2) is 6.44. The van der Waals surface area contributed by atoms with E-state index in [1.165, 1.54) is 0 Å². The smallest absolute Gasteiger partial charge is 0.145 e. The fourth-order valence-electron chi connectivity index (χ4n) is 1.60. The Kier molecular flexibility index (Phi) is 4.64. The van der Waals surface area contributed by atoms with Crippen LogP contribution in [0.3, 0.4) is 0 Å². The van der Waals surface area contributed by atoms with Crippen molar-refractivity contribution < 1.29 is 0 Å². The molecule has 0 saturated carbocycles. The van der Waals surface area contributed by atoms with Gasteiger partial charge in [-0.05, 0) is 28.4 Å². The largest absolute Gasteiger partial charge is 0.339 e. The zero-order valence-corrected chi connectivity index (χ0v) is 12.1. The molecule has 0 radical (unpaired) electrons. The first-order valence-corrected chi connectivity index (χ1v) is 6.72. The van der Waals surface area contributed by atoms with Gasteiger partial charge in [0.25, 0.3) is 0 Å². The van der Waals surface area contributed by atoms with E-state index in [0.717, 1.165) is 28.8 Å². The lowest BCUT2D eigenvalue weighted by atomic mass is 10.3. The minimum Gasteiger partial charge on any atom is -0.339 e. The summed E-state index contributed by atoms with van der Waals surface area (Å²) in [5, 5.41) is 3.18. The van der Waals surface area contributed by atoms with Gasteiger partial charge in [-0.25, -0.2) is 15.8 Å². The molecule has 100 valence electrons. The molecule has 0 aliphatic carbocycles. The molecule has 6 nitrogen and oxygen atoms in total. The number of nitrogens with one attached hydrogen (secondary N) is 2. The van der Waals surface area contributed by atoms with Crippen molar-refractivity contribution in [2.45, 2.75) is 19.8 Å². The zero-order chi connectivity index (χ0) is 13.7. The predicted molar refractivity (Wildman–Crippen MR) is 79.1 cm³/mol. The van der Waals surface area contributed by atoms with Crippen LogP contribution in [0.25, 0.3) is 0 Å². The van der Waals surface area contributed by atoms with Crippen LogP contribution in [0.5, 0.6) is 0 Å². The third kappa shape index (κ3) is 3.87. The molecule has 2 heterocycles. The molecule has 0 unspecified atom stereocenters. The van der Waals surface area contributed by atoms with Gasteiger partial charge in [-0.2, -0.15) is 0 Å². The van der Waals surface area contributed by atoms with Gasteiger partial charge in [0.05, 0.1) is 11.9 Å². The topological polar surface area (TPSA) is 88.8 Å². The summed E-state index contributed by atoms with van der Waals surface area (Å²) in [6, 6.07) is 3.67. The maximum atomic E-state index is 5.41. The number of halogens is 1. The van der Waals surface area contributed by atoms with E-state index in [4.69, 9.17) is 5.84 Å². The number of anilines is 3. The summed E-state index contributed by atoms with van der Waals surface area (Å²) in [6.45, 7) is 2.08. The van der Waals surface area contributed by atoms with Crippen LogP contribution in [0.2, 0.25) is 0 Å². The van der Waals surface area contributed by atoms with E-state index in [9.17, 15) is 0 Å². The molecular formula is C12H15BrN6. The van der Waals surface area contributed by atoms with E-state index < -0.39 is 0 Å². The number of nitrogens with two attached hydrogens (primary N) is 1. The summed E-state index contributed by atoms with van der Waals surface area (Å²) < 4.78 is 0.900. The van der Waals surface area contributed by atoms with Gasteiger partial charge in [0.1, 0.15) is 17.5 Å². The molecule has 0 saturated heterocycles. The highest BCUT2D eigenvalue weighted by atomic mass is 79.9. The highest BCUT2D eigenvalue weighted by Gasteiger charge is 2.04. The summed E-state index contributed by atoms with van der Waals surface area (Å²) in [4.78, 5) is 12.8. The van der Waals surface area contributed by atoms with Crippen molar-refractivity contribution in [1.82, 2.24) is 15.0 Å². The average Bonchev–Trinajstić information content (AvgIpc) is 2.39. The van der Waals surface area contributed by atoms with Crippen molar-refractivity contribution in [3.63, 3.8) is 0 Å². The Morgan fingerprint density at radius 3 is 2.68 bits per heavy atom. The van der Waals surface area contributed by atoms with Gasteiger partial charge >= 0.3 is 0 Å². The van der Waals surface area contributed by atoms with Gasteiger partial charge in [0, 0.05) is 23.2 Å². The molecule has 0 fully saturated rings. The molecule has 2 aromatic rings. The maximum Gasteiger partial charge on any atom is 0.145 e. The van der Waals surface area contributed by atoms with E-state index in [1.807, 2.05) is 6.07 Å². The highest BCUT2D eigenvalue weighted by Crippen LogP contribution is 2.19. The van der Waals surface area contributed by atoms with E-state index in [1.54, 1.807) is 18.5 Å². The molecule has 4 N–H and O–H groups in total. The number of nitrogens with zero attached hydrogens (tertiary/aromatic N) is 3. The third-order valence-electron chi connectivity index (χ3n) is 2.37. The Hall–Kier alpha value is -1.73. The predicted octanol–water partition coefficient (Wildman–Crippen LogP) is 2.62. The normalized spacial score (nSPS) is 10.3.